The van der Waals surface area contributed by atoms with E-state index in [9.17, 15) is 103 Å². The molecule has 0 atom stereocenters. The van der Waals surface area contributed by atoms with Crippen LogP contribution in [0.1, 0.15) is 66.8 Å². The van der Waals surface area contributed by atoms with E-state index in [1.807, 2.05) is 0 Å². The van der Waals surface area contributed by atoms with Crippen molar-refractivity contribution in [3.8, 4) is 34.5 Å². The second-order valence-electron chi connectivity index (χ2n) is 17.0. The van der Waals surface area contributed by atoms with E-state index in [1.54, 1.807) is 0 Å². The van der Waals surface area contributed by atoms with Crippen molar-refractivity contribution in [1.82, 2.24) is 0 Å². The number of nitrogens with two attached hydrogens (primary N) is 1. The second-order valence-corrected chi connectivity index (χ2v) is 25.4. The Bertz CT molecular complexity index is 3880. The number of rotatable bonds is 9. The van der Waals surface area contributed by atoms with Crippen LogP contribution in [0.5, 0.6) is 34.5 Å². The van der Waals surface area contributed by atoms with Gasteiger partial charge in [-0.3, -0.25) is 22.8 Å². The number of hydrogen-bond donors (Lipinski definition) is 6. The molecule has 0 heterocycles. The summed E-state index contributed by atoms with van der Waals surface area (Å²) in [7, 11) is -32.3. The third kappa shape index (κ3) is 12.3. The lowest BCUT2D eigenvalue weighted by atomic mass is 9.91. The normalized spacial score (nSPS) is 14.0. The highest BCUT2D eigenvalue weighted by Gasteiger charge is 2.25. The van der Waals surface area contributed by atoms with Crippen LogP contribution in [0.3, 0.4) is 0 Å². The van der Waals surface area contributed by atoms with Gasteiger partial charge in [0.05, 0.1) is 29.4 Å². The van der Waals surface area contributed by atoms with E-state index in [1.165, 1.54) is 0 Å². The summed E-state index contributed by atoms with van der Waals surface area (Å²) in [6.07, 6.45) is -6.22. The van der Waals surface area contributed by atoms with Crippen LogP contribution in [0.2, 0.25) is 0 Å². The van der Waals surface area contributed by atoms with Crippen LogP contribution in [-0.2, 0) is 99.2 Å². The van der Waals surface area contributed by atoms with E-state index in [2.05, 4.69) is 0 Å². The molecule has 0 unspecified atom stereocenters. The highest BCUT2D eigenvalue weighted by molar-refractivity contribution is 7.87. The van der Waals surface area contributed by atoms with Gasteiger partial charge in [0.2, 0.25) is 0 Å². The van der Waals surface area contributed by atoms with Gasteiger partial charge < -0.3 is 40.6 Å². The topological polar surface area (TPSA) is 480 Å². The zero-order valence-corrected chi connectivity index (χ0v) is 42.5. The monoisotopic (exact) mass is 1150 g/mol. The maximum absolute atomic E-state index is 14.4. The highest BCUT2D eigenvalue weighted by atomic mass is 32.2. The summed E-state index contributed by atoms with van der Waals surface area (Å²) in [4.78, 5) is -6.49. The average Bonchev–Trinajstić information content (AvgIpc) is 3.27. The Morgan fingerprint density at radius 3 is 0.693 bits per heavy atom. The Balaban J connectivity index is 1.63. The molecule has 6 aromatic rings. The van der Waals surface area contributed by atoms with Gasteiger partial charge in [-0.05, 0) is 154 Å². The largest absolute Gasteiger partial charge is 0.872 e. The first-order valence-corrected chi connectivity index (χ1v) is 29.5. The van der Waals surface area contributed by atoms with Gasteiger partial charge >= 0.3 is 0 Å². The minimum Gasteiger partial charge on any atom is -0.872 e. The standard InChI is InChI=1S/C44H41NO24S6/c45-1-2-69-44-31-7-29-17-36(73(60,61)62)15-27(42(29)49)5-25-13-34(71(54,55)56)11-23(40(25)47)3-21-9-33(70(51,52)53)10-22(39(21)46)4-24-12-35(72(57,58)59)14-26(41(24)48)6-28-16-37(74(63,64)65)18-30(43(28)50)8-32(44)20-38(19-31)75(66,67)68/h9-20,46-50H,1-8,45H2,(H,51,52,53)(H,54,55,56)(H,57,58,59)(H,60,61,62)(H,63,64,65)(H,66,67,68)/p-6. The second kappa shape index (κ2) is 19.9. The summed E-state index contributed by atoms with van der Waals surface area (Å²) in [6, 6.07) is 6.82. The lowest BCUT2D eigenvalue weighted by Crippen LogP contribution is -2.15. The molecule has 0 aliphatic heterocycles. The molecule has 31 heteroatoms. The van der Waals surface area contributed by atoms with Crippen molar-refractivity contribution in [3.63, 3.8) is 0 Å². The molecule has 7 N–H and O–H groups in total. The van der Waals surface area contributed by atoms with Crippen LogP contribution in [0.15, 0.2) is 102 Å². The third-order valence-electron chi connectivity index (χ3n) is 11.7. The van der Waals surface area contributed by atoms with E-state index in [0.29, 0.717) is 60.7 Å². The lowest BCUT2D eigenvalue weighted by Gasteiger charge is -2.28. The van der Waals surface area contributed by atoms with Gasteiger partial charge in [-0.25, -0.2) is 8.42 Å². The molecule has 7 rings (SSSR count). The third-order valence-corrected chi connectivity index (χ3v) is 16.7. The quantitative estimate of drug-likeness (QED) is 0.0982. The van der Waals surface area contributed by atoms with Gasteiger partial charge in [-0.1, -0.05) is 0 Å². The van der Waals surface area contributed by atoms with Crippen molar-refractivity contribution in [2.24, 2.45) is 5.73 Å². The van der Waals surface area contributed by atoms with Crippen LogP contribution in [0.25, 0.3) is 0 Å². The zero-order chi connectivity index (χ0) is 55.7. The van der Waals surface area contributed by atoms with Crippen LogP contribution in [-0.4, -0.2) is 91.0 Å². The molecule has 75 heavy (non-hydrogen) atoms. The molecule has 0 aromatic heterocycles. The summed E-state index contributed by atoms with van der Waals surface area (Å²) >= 11 is 0. The van der Waals surface area contributed by atoms with Crippen molar-refractivity contribution < 1.29 is 108 Å². The minimum absolute atomic E-state index is 0.298. The number of hydrogen-bond acceptors (Lipinski definition) is 20. The van der Waals surface area contributed by atoms with Crippen LogP contribution >= 0.6 is 0 Å². The van der Waals surface area contributed by atoms with Crippen LogP contribution < -0.4 is 36.0 Å². The van der Waals surface area contributed by atoms with Crippen LogP contribution in [0, 0.1) is 0 Å². The maximum Gasteiger partial charge on any atom is 0.294 e. The predicted octanol–water partition coefficient (Wildman–Crippen LogP) is -0.612. The van der Waals surface area contributed by atoms with Crippen molar-refractivity contribution in [3.05, 3.63) is 140 Å². The van der Waals surface area contributed by atoms with Crippen LogP contribution in [0.4, 0.5) is 0 Å². The zero-order valence-electron chi connectivity index (χ0n) is 37.6. The molecule has 1 aliphatic carbocycles. The summed E-state index contributed by atoms with van der Waals surface area (Å²) in [5.41, 5.74) is -2.58. The summed E-state index contributed by atoms with van der Waals surface area (Å²) < 4.78 is 222. The fraction of sp³-hybridized carbons (Fsp3) is 0.182. The molecule has 0 fully saturated rings. The van der Waals surface area contributed by atoms with E-state index >= 15 is 0 Å². The van der Waals surface area contributed by atoms with Gasteiger partial charge in [0.1, 0.15) is 22.5 Å². The molecule has 6 aromatic carbocycles. The Morgan fingerprint density at radius 1 is 0.347 bits per heavy atom. The van der Waals surface area contributed by atoms with Gasteiger partial charge in [0.25, 0.3) is 50.6 Å². The molecular weight excluding hydrogens is 1120 g/mol. The van der Waals surface area contributed by atoms with E-state index in [4.69, 9.17) is 10.5 Å². The molecular formula is C44H35NO24S6-6. The highest BCUT2D eigenvalue weighted by Crippen LogP contribution is 2.41. The van der Waals surface area contributed by atoms with Crippen molar-refractivity contribution in [1.29, 1.82) is 0 Å². The minimum atomic E-state index is -5.60. The van der Waals surface area contributed by atoms with Gasteiger partial charge in [0.15, 0.2) is 0 Å². The number of fused-ring (bicyclic) bond motifs is 12. The lowest BCUT2D eigenvalue weighted by molar-refractivity contribution is -0.272. The summed E-state index contributed by atoms with van der Waals surface area (Å²) in [6.45, 7) is -0.747. The molecule has 0 spiro atoms. The Hall–Kier alpha value is -6.46. The SMILES string of the molecule is NCCOc1c2cc(S(=O)(=O)O)cc1Cc1cc(S(=O)(=O)O)cc(c1[O-])Cc1cc(S(=O)(=O)O)cc(c1[O-])Cc1cc(S(=O)(=O)[O-])cc(c1[O-])Cc1cc(S(=O)(=O)O)cc(c1[O-])Cc1cc(S(=O)(=O)O)cc(c1[O-])C2. The molecule has 1 aliphatic rings. The van der Waals surface area contributed by atoms with Gasteiger partial charge in [-0.2, -0.15) is 42.1 Å². The Kier molecular flexibility index (Phi) is 14.9. The Morgan fingerprint density at radius 2 is 0.520 bits per heavy atom. The molecule has 0 saturated heterocycles. The Labute approximate surface area is 427 Å². The first kappa shape index (κ1) is 56.3. The van der Waals surface area contributed by atoms with Crippen molar-refractivity contribution >= 4 is 60.7 Å². The molecule has 0 saturated carbocycles. The number of benzene rings is 6. The van der Waals surface area contributed by atoms with Crippen molar-refractivity contribution in [2.75, 3.05) is 13.2 Å². The molecule has 402 valence electrons. The van der Waals surface area contributed by atoms with E-state index in [0.717, 1.165) is 12.1 Å². The predicted molar refractivity (Wildman–Crippen MR) is 244 cm³/mol. The molecule has 25 nitrogen and oxygen atoms in total. The first-order chi connectivity index (χ1) is 34.4. The number of ether oxygens (including phenoxy) is 1. The average molecular weight is 1150 g/mol. The maximum atomic E-state index is 14.4. The first-order valence-electron chi connectivity index (χ1n) is 20.9. The summed E-state index contributed by atoms with van der Waals surface area (Å²) in [5, 5.41) is 71.6. The molecule has 12 bridgehead atoms. The fourth-order valence-corrected chi connectivity index (χ4v) is 11.9. The molecule has 0 amide bonds. The summed E-state index contributed by atoms with van der Waals surface area (Å²) in [5.74, 6) is -6.61. The van der Waals surface area contributed by atoms with E-state index < -0.39 is 236 Å². The van der Waals surface area contributed by atoms with Gasteiger partial charge in [-0.15, -0.1) is 28.7 Å². The smallest absolute Gasteiger partial charge is 0.294 e. The van der Waals surface area contributed by atoms with Gasteiger partial charge in [0, 0.05) is 30.5 Å². The van der Waals surface area contributed by atoms with Crippen molar-refractivity contribution in [2.45, 2.75) is 67.9 Å². The molecule has 0 radical (unpaired) electrons. The van der Waals surface area contributed by atoms with E-state index in [-0.39, 0.29) is 6.54 Å². The fourth-order valence-electron chi connectivity index (χ4n) is 8.38.